The van der Waals surface area contributed by atoms with Crippen molar-refractivity contribution in [1.29, 1.82) is 0 Å². The van der Waals surface area contributed by atoms with E-state index in [4.69, 9.17) is 9.31 Å². The first-order valence-corrected chi connectivity index (χ1v) is 9.60. The number of benzene rings is 1. The highest BCUT2D eigenvalue weighted by Crippen LogP contribution is 2.36. The third-order valence-corrected chi connectivity index (χ3v) is 6.56. The Bertz CT molecular complexity index is 617. The van der Waals surface area contributed by atoms with Gasteiger partial charge in [0.2, 0.25) is 5.04 Å². The molecule has 0 aliphatic carbocycles. The van der Waals surface area contributed by atoms with E-state index >= 15 is 0 Å². The van der Waals surface area contributed by atoms with Crippen LogP contribution in [0.4, 0.5) is 5.69 Å². The molecule has 0 aromatic heterocycles. The summed E-state index contributed by atoms with van der Waals surface area (Å²) in [6, 6.07) is 8.24. The predicted octanol–water partition coefficient (Wildman–Crippen LogP) is 1.58. The van der Waals surface area contributed by atoms with E-state index in [-0.39, 0.29) is 18.3 Å². The zero-order valence-electron chi connectivity index (χ0n) is 15.0. The molecule has 0 saturated carbocycles. The van der Waals surface area contributed by atoms with Gasteiger partial charge in [0.1, 0.15) is 12.3 Å². The van der Waals surface area contributed by atoms with Crippen LogP contribution in [-0.2, 0) is 20.5 Å². The molecule has 2 fully saturated rings. The lowest BCUT2D eigenvalue weighted by Crippen LogP contribution is -2.44. The number of aliphatic imine (C=N–C) groups is 1. The highest BCUT2D eigenvalue weighted by atomic mass is 32.2. The molecule has 1 unspecified atom stereocenters. The van der Waals surface area contributed by atoms with Gasteiger partial charge in [-0.1, -0.05) is 12.1 Å². The molecule has 2 aliphatic rings. The number of rotatable bonds is 2. The van der Waals surface area contributed by atoms with Gasteiger partial charge in [-0.2, -0.15) is 0 Å². The molecule has 24 heavy (non-hydrogen) atoms. The van der Waals surface area contributed by atoms with Crippen molar-refractivity contribution in [2.45, 2.75) is 38.9 Å². The van der Waals surface area contributed by atoms with Gasteiger partial charge in [-0.25, -0.2) is 4.99 Å². The third-order valence-electron chi connectivity index (χ3n) is 5.17. The minimum absolute atomic E-state index is 0.334. The van der Waals surface area contributed by atoms with Crippen molar-refractivity contribution in [2.24, 2.45) is 4.99 Å². The van der Waals surface area contributed by atoms with E-state index < -0.39 is 11.2 Å². The topological polar surface area (TPSA) is 57.1 Å². The lowest BCUT2D eigenvalue weighted by Gasteiger charge is -2.32. The summed E-state index contributed by atoms with van der Waals surface area (Å²) in [6.45, 7) is 9.63. The van der Waals surface area contributed by atoms with Crippen molar-refractivity contribution < 1.29 is 13.9 Å². The van der Waals surface area contributed by atoms with Crippen LogP contribution in [0.1, 0.15) is 27.7 Å². The van der Waals surface area contributed by atoms with Crippen molar-refractivity contribution >= 4 is 34.5 Å². The van der Waals surface area contributed by atoms with Crippen molar-refractivity contribution in [3.63, 3.8) is 0 Å². The fraction of sp³-hybridized carbons (Fsp3) is 0.588. The molecule has 2 aliphatic heterocycles. The molecule has 2 saturated heterocycles. The maximum absolute atomic E-state index is 11.9. The maximum Gasteiger partial charge on any atom is 0.494 e. The fourth-order valence-corrected chi connectivity index (χ4v) is 3.96. The minimum atomic E-state index is -0.928. The largest absolute Gasteiger partial charge is 0.610 e. The van der Waals surface area contributed by atoms with Crippen molar-refractivity contribution in [3.8, 4) is 0 Å². The number of hydrogen-bond donors (Lipinski definition) is 0. The van der Waals surface area contributed by atoms with Crippen LogP contribution in [0.2, 0.25) is 0 Å². The van der Waals surface area contributed by atoms with Crippen molar-refractivity contribution in [3.05, 3.63) is 24.3 Å². The molecule has 1 aromatic carbocycles. The first kappa shape index (κ1) is 17.8. The second-order valence-corrected chi connectivity index (χ2v) is 8.84. The molecule has 1 aromatic rings. The monoisotopic (exact) mass is 348 g/mol. The van der Waals surface area contributed by atoms with Crippen LogP contribution in [-0.4, -0.2) is 53.8 Å². The second-order valence-electron chi connectivity index (χ2n) is 7.27. The smallest absolute Gasteiger partial charge is 0.494 e. The molecule has 2 heterocycles. The molecule has 130 valence electrons. The van der Waals surface area contributed by atoms with E-state index in [0.29, 0.717) is 12.3 Å². The van der Waals surface area contributed by atoms with E-state index in [1.807, 2.05) is 12.1 Å². The quantitative estimate of drug-likeness (QED) is 0.602. The molecule has 0 spiro atoms. The first-order chi connectivity index (χ1) is 11.2. The van der Waals surface area contributed by atoms with E-state index in [1.54, 1.807) is 7.05 Å². The average molecular weight is 348 g/mol. The van der Waals surface area contributed by atoms with Gasteiger partial charge in [0.05, 0.1) is 17.7 Å². The molecule has 0 radical (unpaired) electrons. The summed E-state index contributed by atoms with van der Waals surface area (Å²) < 4.78 is 24.1. The van der Waals surface area contributed by atoms with Crippen LogP contribution in [0.5, 0.6) is 0 Å². The maximum atomic E-state index is 11.9. The van der Waals surface area contributed by atoms with Gasteiger partial charge >= 0.3 is 7.12 Å². The Hall–Kier alpha value is -1.02. The lowest BCUT2D eigenvalue weighted by atomic mass is 9.79. The number of nitrogens with zero attached hydrogens (tertiary/aromatic N) is 2. The van der Waals surface area contributed by atoms with E-state index in [0.717, 1.165) is 22.7 Å². The Kier molecular flexibility index (Phi) is 4.72. The Morgan fingerprint density at radius 1 is 1.12 bits per heavy atom. The molecule has 0 bridgehead atoms. The number of anilines is 1. The van der Waals surface area contributed by atoms with E-state index in [2.05, 4.69) is 49.7 Å². The molecule has 0 amide bonds. The van der Waals surface area contributed by atoms with Gasteiger partial charge in [-0.05, 0) is 45.3 Å². The summed E-state index contributed by atoms with van der Waals surface area (Å²) in [6.07, 6.45) is 0. The summed E-state index contributed by atoms with van der Waals surface area (Å²) in [4.78, 5) is 6.36. The van der Waals surface area contributed by atoms with Gasteiger partial charge in [0.15, 0.2) is 0 Å². The molecular weight excluding hydrogens is 323 g/mol. The lowest BCUT2D eigenvalue weighted by molar-refractivity contribution is 0.00578. The third kappa shape index (κ3) is 3.22. The molecule has 5 nitrogen and oxygen atoms in total. The molecule has 1 atom stereocenters. The summed E-state index contributed by atoms with van der Waals surface area (Å²) >= 11 is -0.928. The van der Waals surface area contributed by atoms with Crippen LogP contribution in [0.3, 0.4) is 0 Å². The molecule has 0 N–H and O–H groups in total. The highest BCUT2D eigenvalue weighted by molar-refractivity contribution is 8.06. The molecule has 3 rings (SSSR count). The summed E-state index contributed by atoms with van der Waals surface area (Å²) in [7, 11) is 1.36. The van der Waals surface area contributed by atoms with Crippen LogP contribution < -0.4 is 10.4 Å². The second kappa shape index (κ2) is 6.37. The van der Waals surface area contributed by atoms with Crippen LogP contribution in [0, 0.1) is 0 Å². The standard InChI is InChI=1S/C17H25BN2O3S/c1-16(2)17(3,4)23-18(22-16)13-6-8-14(9-7-13)20-10-11-24(21)15(12-20)19-5/h6-9H,10-12H2,1-5H3/b19-15+. The van der Waals surface area contributed by atoms with Gasteiger partial charge < -0.3 is 18.8 Å². The number of hydrogen-bond acceptors (Lipinski definition) is 5. The van der Waals surface area contributed by atoms with Gasteiger partial charge in [0, 0.05) is 23.9 Å². The Balaban J connectivity index is 1.73. The van der Waals surface area contributed by atoms with Crippen molar-refractivity contribution in [1.82, 2.24) is 0 Å². The Morgan fingerprint density at radius 3 is 2.25 bits per heavy atom. The van der Waals surface area contributed by atoms with Gasteiger partial charge in [-0.15, -0.1) is 0 Å². The molecular formula is C17H25BN2O3S. The summed E-state index contributed by atoms with van der Waals surface area (Å²) in [5.41, 5.74) is 1.45. The molecule has 7 heteroatoms. The van der Waals surface area contributed by atoms with Crippen LogP contribution in [0.25, 0.3) is 0 Å². The minimum Gasteiger partial charge on any atom is -0.610 e. The van der Waals surface area contributed by atoms with Gasteiger partial charge in [0.25, 0.3) is 0 Å². The normalized spacial score (nSPS) is 27.8. The van der Waals surface area contributed by atoms with Crippen LogP contribution in [0.15, 0.2) is 29.3 Å². The van der Waals surface area contributed by atoms with Crippen molar-refractivity contribution in [2.75, 3.05) is 30.8 Å². The zero-order valence-corrected chi connectivity index (χ0v) is 15.9. The SMILES string of the molecule is C/N=C1\CN(c2ccc(B3OC(C)(C)C(C)(C)O3)cc2)CC[S+]1[O-]. The zero-order chi connectivity index (χ0) is 17.5. The summed E-state index contributed by atoms with van der Waals surface area (Å²) in [5.74, 6) is 0.631. The average Bonchev–Trinajstić information content (AvgIpc) is 2.76. The first-order valence-electron chi connectivity index (χ1n) is 8.28. The van der Waals surface area contributed by atoms with E-state index in [1.165, 1.54) is 0 Å². The van der Waals surface area contributed by atoms with Gasteiger partial charge in [-0.3, -0.25) is 0 Å². The predicted molar refractivity (Wildman–Crippen MR) is 101 cm³/mol. The Morgan fingerprint density at radius 2 is 1.71 bits per heavy atom. The summed E-state index contributed by atoms with van der Waals surface area (Å²) in [5, 5.41) is 0.760. The Labute approximate surface area is 147 Å². The highest BCUT2D eigenvalue weighted by Gasteiger charge is 2.51. The van der Waals surface area contributed by atoms with E-state index in [9.17, 15) is 4.55 Å². The van der Waals surface area contributed by atoms with Crippen LogP contribution >= 0.6 is 0 Å². The fourth-order valence-electron chi connectivity index (χ4n) is 2.84.